The molecule has 0 unspecified atom stereocenters. The molecular weight excluding hydrogens is 325 g/mol. The number of aromatic nitrogens is 2. The zero-order chi connectivity index (χ0) is 17.2. The van der Waals surface area contributed by atoms with Gasteiger partial charge in [-0.2, -0.15) is 16.9 Å². The second-order valence-corrected chi connectivity index (χ2v) is 6.32. The second kappa shape index (κ2) is 9.97. The number of nitrogens with one attached hydrogen (secondary N) is 2. The van der Waals surface area contributed by atoms with Crippen molar-refractivity contribution in [3.8, 4) is 0 Å². The Morgan fingerprint density at radius 2 is 2.12 bits per heavy atom. The van der Waals surface area contributed by atoms with E-state index in [0.717, 1.165) is 36.1 Å². The fraction of sp³-hybridized carbons (Fsp3) is 0.412. The minimum atomic E-state index is -0.135. The molecule has 130 valence electrons. The second-order valence-electron chi connectivity index (χ2n) is 5.21. The Balaban J connectivity index is 1.73. The number of hydrogen-bond donors (Lipinski definition) is 2. The summed E-state index contributed by atoms with van der Waals surface area (Å²) >= 11 is 1.70. The number of thioether (sulfide) groups is 1. The number of rotatable bonds is 8. The number of aryl methyl sites for hydroxylation is 1. The lowest BCUT2D eigenvalue weighted by molar-refractivity contribution is 0.617. The van der Waals surface area contributed by atoms with Crippen LogP contribution in [0.5, 0.6) is 0 Å². The molecule has 0 aliphatic carbocycles. The molecule has 0 saturated heterocycles. The largest absolute Gasteiger partial charge is 0.357 e. The molecule has 1 aromatic carbocycles. The average molecular weight is 349 g/mol. The first-order valence-corrected chi connectivity index (χ1v) is 9.16. The van der Waals surface area contributed by atoms with Gasteiger partial charge < -0.3 is 10.6 Å². The Morgan fingerprint density at radius 1 is 1.29 bits per heavy atom. The van der Waals surface area contributed by atoms with Crippen LogP contribution in [0.15, 0.2) is 41.5 Å². The van der Waals surface area contributed by atoms with E-state index < -0.39 is 0 Å². The van der Waals surface area contributed by atoms with Gasteiger partial charge in [0.15, 0.2) is 5.96 Å². The lowest BCUT2D eigenvalue weighted by Gasteiger charge is -2.11. The SMILES string of the molecule is CCNC(=NCc1ccnn1C)NCCSCc1ccccc1F. The summed E-state index contributed by atoms with van der Waals surface area (Å²) in [5, 5.41) is 10.7. The standard InChI is InChI=1S/C17H24FN5S/c1-3-19-17(21-12-15-8-9-22-23(15)2)20-10-11-24-13-14-6-4-5-7-16(14)18/h4-9H,3,10-13H2,1-2H3,(H2,19,20,21). The Morgan fingerprint density at radius 3 is 2.83 bits per heavy atom. The molecule has 0 amide bonds. The molecule has 0 spiro atoms. The molecule has 0 aliphatic heterocycles. The predicted octanol–water partition coefficient (Wildman–Crippen LogP) is 2.55. The summed E-state index contributed by atoms with van der Waals surface area (Å²) in [6.07, 6.45) is 1.77. The number of guanidine groups is 1. The number of halogens is 1. The number of aliphatic imine (C=N–C) groups is 1. The molecule has 0 fully saturated rings. The van der Waals surface area contributed by atoms with Crippen molar-refractivity contribution in [1.82, 2.24) is 20.4 Å². The zero-order valence-corrected chi connectivity index (χ0v) is 14.9. The van der Waals surface area contributed by atoms with Gasteiger partial charge in [-0.1, -0.05) is 18.2 Å². The smallest absolute Gasteiger partial charge is 0.191 e. The van der Waals surface area contributed by atoms with E-state index in [1.807, 2.05) is 36.9 Å². The molecule has 2 rings (SSSR count). The van der Waals surface area contributed by atoms with Crippen molar-refractivity contribution < 1.29 is 4.39 Å². The van der Waals surface area contributed by atoms with Gasteiger partial charge in [0.1, 0.15) is 5.82 Å². The van der Waals surface area contributed by atoms with Crippen molar-refractivity contribution in [2.45, 2.75) is 19.2 Å². The topological polar surface area (TPSA) is 54.2 Å². The molecule has 0 saturated carbocycles. The first-order chi connectivity index (χ1) is 11.7. The summed E-state index contributed by atoms with van der Waals surface area (Å²) in [6, 6.07) is 8.87. The highest BCUT2D eigenvalue weighted by atomic mass is 32.2. The van der Waals surface area contributed by atoms with Crippen LogP contribution in [0, 0.1) is 5.82 Å². The van der Waals surface area contributed by atoms with Crippen LogP contribution < -0.4 is 10.6 Å². The van der Waals surface area contributed by atoms with Crippen LogP contribution in [0.4, 0.5) is 4.39 Å². The van der Waals surface area contributed by atoms with Gasteiger partial charge in [-0.3, -0.25) is 4.68 Å². The summed E-state index contributed by atoms with van der Waals surface area (Å²) in [4.78, 5) is 4.55. The molecule has 7 heteroatoms. The maximum absolute atomic E-state index is 13.5. The van der Waals surface area contributed by atoms with Crippen LogP contribution in [0.3, 0.4) is 0 Å². The van der Waals surface area contributed by atoms with Gasteiger partial charge in [-0.05, 0) is 24.6 Å². The molecular formula is C17H24FN5S. The van der Waals surface area contributed by atoms with E-state index in [1.54, 1.807) is 24.0 Å². The fourth-order valence-corrected chi connectivity index (χ4v) is 2.94. The minimum Gasteiger partial charge on any atom is -0.357 e. The molecule has 0 bridgehead atoms. The molecule has 5 nitrogen and oxygen atoms in total. The van der Waals surface area contributed by atoms with E-state index >= 15 is 0 Å². The molecule has 0 radical (unpaired) electrons. The minimum absolute atomic E-state index is 0.135. The highest BCUT2D eigenvalue weighted by Gasteiger charge is 2.02. The van der Waals surface area contributed by atoms with Gasteiger partial charge in [0.25, 0.3) is 0 Å². The maximum Gasteiger partial charge on any atom is 0.191 e. The van der Waals surface area contributed by atoms with Gasteiger partial charge >= 0.3 is 0 Å². The van der Waals surface area contributed by atoms with E-state index in [9.17, 15) is 4.39 Å². The summed E-state index contributed by atoms with van der Waals surface area (Å²) in [5.41, 5.74) is 1.81. The van der Waals surface area contributed by atoms with E-state index in [0.29, 0.717) is 12.3 Å². The average Bonchev–Trinajstić information content (AvgIpc) is 2.99. The van der Waals surface area contributed by atoms with Gasteiger partial charge in [-0.15, -0.1) is 0 Å². The summed E-state index contributed by atoms with van der Waals surface area (Å²) in [5.74, 6) is 2.20. The molecule has 1 heterocycles. The van der Waals surface area contributed by atoms with Crippen molar-refractivity contribution in [2.75, 3.05) is 18.8 Å². The molecule has 0 aliphatic rings. The van der Waals surface area contributed by atoms with Gasteiger partial charge in [0, 0.05) is 37.8 Å². The first-order valence-electron chi connectivity index (χ1n) is 8.01. The first kappa shape index (κ1) is 18.3. The predicted molar refractivity (Wildman–Crippen MR) is 98.6 cm³/mol. The zero-order valence-electron chi connectivity index (χ0n) is 14.1. The maximum atomic E-state index is 13.5. The lowest BCUT2D eigenvalue weighted by atomic mass is 10.2. The number of benzene rings is 1. The molecule has 2 N–H and O–H groups in total. The molecule has 1 aromatic heterocycles. The summed E-state index contributed by atoms with van der Waals surface area (Å²) in [6.45, 7) is 4.19. The highest BCUT2D eigenvalue weighted by Crippen LogP contribution is 2.14. The van der Waals surface area contributed by atoms with E-state index in [4.69, 9.17) is 0 Å². The third-order valence-corrected chi connectivity index (χ3v) is 4.43. The molecule has 0 atom stereocenters. The van der Waals surface area contributed by atoms with Crippen LogP contribution >= 0.6 is 11.8 Å². The van der Waals surface area contributed by atoms with Gasteiger partial charge in [0.2, 0.25) is 0 Å². The Labute approximate surface area is 146 Å². The molecule has 2 aromatic rings. The van der Waals surface area contributed by atoms with Crippen LogP contribution in [0.25, 0.3) is 0 Å². The van der Waals surface area contributed by atoms with Crippen LogP contribution in [0.2, 0.25) is 0 Å². The van der Waals surface area contributed by atoms with E-state index in [2.05, 4.69) is 20.7 Å². The van der Waals surface area contributed by atoms with Crippen LogP contribution in [-0.2, 0) is 19.3 Å². The van der Waals surface area contributed by atoms with E-state index in [1.165, 1.54) is 6.07 Å². The monoisotopic (exact) mass is 349 g/mol. The lowest BCUT2D eigenvalue weighted by Crippen LogP contribution is -2.38. The normalized spacial score (nSPS) is 11.5. The quantitative estimate of drug-likeness (QED) is 0.437. The van der Waals surface area contributed by atoms with Crippen molar-refractivity contribution in [3.63, 3.8) is 0 Å². The Bertz CT molecular complexity index is 656. The number of nitrogens with zero attached hydrogens (tertiary/aromatic N) is 3. The van der Waals surface area contributed by atoms with E-state index in [-0.39, 0.29) is 5.82 Å². The van der Waals surface area contributed by atoms with Crippen molar-refractivity contribution in [1.29, 1.82) is 0 Å². The van der Waals surface area contributed by atoms with Crippen LogP contribution in [0.1, 0.15) is 18.2 Å². The third kappa shape index (κ3) is 5.88. The van der Waals surface area contributed by atoms with Crippen LogP contribution in [-0.4, -0.2) is 34.6 Å². The van der Waals surface area contributed by atoms with Gasteiger partial charge in [0.05, 0.1) is 12.2 Å². The van der Waals surface area contributed by atoms with Crippen molar-refractivity contribution in [2.24, 2.45) is 12.0 Å². The fourth-order valence-electron chi connectivity index (χ4n) is 2.10. The Kier molecular flexibility index (Phi) is 7.61. The highest BCUT2D eigenvalue weighted by molar-refractivity contribution is 7.98. The number of hydrogen-bond acceptors (Lipinski definition) is 3. The summed E-state index contributed by atoms with van der Waals surface area (Å²) in [7, 11) is 1.91. The Hall–Kier alpha value is -2.02. The van der Waals surface area contributed by atoms with Gasteiger partial charge in [-0.25, -0.2) is 9.38 Å². The third-order valence-electron chi connectivity index (χ3n) is 3.42. The summed E-state index contributed by atoms with van der Waals surface area (Å²) < 4.78 is 15.3. The van der Waals surface area contributed by atoms with Crippen molar-refractivity contribution in [3.05, 3.63) is 53.6 Å². The molecule has 24 heavy (non-hydrogen) atoms. The van der Waals surface area contributed by atoms with Crippen molar-refractivity contribution >= 4 is 17.7 Å².